The third-order valence-electron chi connectivity index (χ3n) is 3.80. The van der Waals surface area contributed by atoms with E-state index in [0.29, 0.717) is 12.2 Å². The lowest BCUT2D eigenvalue weighted by atomic mass is 10.00. The fourth-order valence-corrected chi connectivity index (χ4v) is 2.70. The summed E-state index contributed by atoms with van der Waals surface area (Å²) in [5.74, 6) is 0.308. The van der Waals surface area contributed by atoms with Crippen molar-refractivity contribution in [3.05, 3.63) is 34.9 Å². The number of benzene rings is 1. The Morgan fingerprint density at radius 1 is 0.800 bits per heavy atom. The smallest absolute Gasteiger partial charge is 0.162 e. The number of ketones is 1. The van der Waals surface area contributed by atoms with E-state index in [1.165, 1.54) is 56.1 Å². The first-order valence-corrected chi connectivity index (χ1v) is 8.25. The zero-order chi connectivity index (χ0) is 14.8. The van der Waals surface area contributed by atoms with Gasteiger partial charge in [0.05, 0.1) is 0 Å². The minimum absolute atomic E-state index is 0.308. The molecule has 0 N–H and O–H groups in total. The number of hydrogen-bond acceptors (Lipinski definition) is 1. The van der Waals surface area contributed by atoms with Gasteiger partial charge < -0.3 is 0 Å². The standard InChI is InChI=1S/C19H30O/c1-4-5-6-7-8-9-10-11-12-19(20)18-14-16(2)13-17(3)15-18/h13-15H,4-12H2,1-3H3. The van der Waals surface area contributed by atoms with Crippen LogP contribution in [0.3, 0.4) is 0 Å². The first-order chi connectivity index (χ1) is 9.63. The van der Waals surface area contributed by atoms with Crippen molar-refractivity contribution < 1.29 is 4.79 Å². The molecule has 0 aliphatic rings. The summed E-state index contributed by atoms with van der Waals surface area (Å²) in [6.07, 6.45) is 11.0. The van der Waals surface area contributed by atoms with Crippen molar-refractivity contribution in [3.63, 3.8) is 0 Å². The molecule has 1 aromatic carbocycles. The van der Waals surface area contributed by atoms with Crippen LogP contribution in [0.5, 0.6) is 0 Å². The van der Waals surface area contributed by atoms with E-state index >= 15 is 0 Å². The number of unbranched alkanes of at least 4 members (excludes halogenated alkanes) is 7. The van der Waals surface area contributed by atoms with Crippen LogP contribution in [0, 0.1) is 13.8 Å². The molecular formula is C19H30O. The zero-order valence-electron chi connectivity index (χ0n) is 13.5. The Hall–Kier alpha value is -1.11. The van der Waals surface area contributed by atoms with E-state index in [4.69, 9.17) is 0 Å². The summed E-state index contributed by atoms with van der Waals surface area (Å²) in [4.78, 5) is 12.1. The highest BCUT2D eigenvalue weighted by Gasteiger charge is 2.06. The molecule has 0 unspecified atom stereocenters. The van der Waals surface area contributed by atoms with Gasteiger partial charge in [0.15, 0.2) is 5.78 Å². The van der Waals surface area contributed by atoms with Crippen LogP contribution in [0.1, 0.15) is 86.2 Å². The Balaban J connectivity index is 2.17. The van der Waals surface area contributed by atoms with Gasteiger partial charge in [-0.1, -0.05) is 69.1 Å². The number of carbonyl (C=O) groups excluding carboxylic acids is 1. The minimum Gasteiger partial charge on any atom is -0.294 e. The quantitative estimate of drug-likeness (QED) is 0.377. The molecule has 1 heteroatoms. The van der Waals surface area contributed by atoms with Gasteiger partial charge in [0, 0.05) is 12.0 Å². The summed E-state index contributed by atoms with van der Waals surface area (Å²) >= 11 is 0. The zero-order valence-corrected chi connectivity index (χ0v) is 13.5. The number of hydrogen-bond donors (Lipinski definition) is 0. The van der Waals surface area contributed by atoms with E-state index in [1.54, 1.807) is 0 Å². The second-order valence-corrected chi connectivity index (χ2v) is 6.02. The molecule has 0 aromatic heterocycles. The monoisotopic (exact) mass is 274 g/mol. The summed E-state index contributed by atoms with van der Waals surface area (Å²) in [7, 11) is 0. The van der Waals surface area contributed by atoms with E-state index in [9.17, 15) is 4.79 Å². The lowest BCUT2D eigenvalue weighted by molar-refractivity contribution is 0.0979. The topological polar surface area (TPSA) is 17.1 Å². The van der Waals surface area contributed by atoms with E-state index in [1.807, 2.05) is 12.1 Å². The van der Waals surface area contributed by atoms with Crippen LogP contribution in [-0.2, 0) is 0 Å². The second kappa shape index (κ2) is 9.74. The minimum atomic E-state index is 0.308. The first-order valence-electron chi connectivity index (χ1n) is 8.25. The van der Waals surface area contributed by atoms with Crippen LogP contribution in [0.15, 0.2) is 18.2 Å². The summed E-state index contributed by atoms with van der Waals surface area (Å²) in [6, 6.07) is 6.15. The molecule has 0 radical (unpaired) electrons. The normalized spacial score (nSPS) is 10.8. The van der Waals surface area contributed by atoms with E-state index in [-0.39, 0.29) is 0 Å². The molecule has 0 aliphatic carbocycles. The van der Waals surface area contributed by atoms with E-state index < -0.39 is 0 Å². The molecule has 0 saturated carbocycles. The first kappa shape index (κ1) is 16.9. The number of aryl methyl sites for hydroxylation is 2. The molecule has 0 spiro atoms. The summed E-state index contributed by atoms with van der Waals surface area (Å²) < 4.78 is 0. The predicted molar refractivity (Wildman–Crippen MR) is 87.5 cm³/mol. The Bertz CT molecular complexity index is 386. The summed E-state index contributed by atoms with van der Waals surface area (Å²) in [5.41, 5.74) is 3.26. The van der Waals surface area contributed by atoms with Gasteiger partial charge in [0.1, 0.15) is 0 Å². The van der Waals surface area contributed by atoms with Crippen LogP contribution >= 0.6 is 0 Å². The van der Waals surface area contributed by atoms with Gasteiger partial charge in [0.25, 0.3) is 0 Å². The highest BCUT2D eigenvalue weighted by molar-refractivity contribution is 5.96. The molecule has 0 aliphatic heterocycles. The molecule has 0 amide bonds. The molecule has 1 aromatic rings. The van der Waals surface area contributed by atoms with Crippen molar-refractivity contribution in [2.75, 3.05) is 0 Å². The van der Waals surface area contributed by atoms with Gasteiger partial charge >= 0.3 is 0 Å². The Kier molecular flexibility index (Phi) is 8.25. The Morgan fingerprint density at radius 3 is 1.85 bits per heavy atom. The fourth-order valence-electron chi connectivity index (χ4n) is 2.70. The van der Waals surface area contributed by atoms with E-state index in [0.717, 1.165) is 12.0 Å². The average Bonchev–Trinajstić information content (AvgIpc) is 2.40. The fraction of sp³-hybridized carbons (Fsp3) is 0.632. The van der Waals surface area contributed by atoms with Gasteiger partial charge in [-0.3, -0.25) is 4.79 Å². The highest BCUT2D eigenvalue weighted by Crippen LogP contribution is 2.14. The predicted octanol–water partition coefficient (Wildman–Crippen LogP) is 6.02. The molecule has 1 nitrogen and oxygen atoms in total. The lowest BCUT2D eigenvalue weighted by Crippen LogP contribution is -2.00. The maximum atomic E-state index is 12.1. The SMILES string of the molecule is CCCCCCCCCCC(=O)c1cc(C)cc(C)c1. The molecule has 0 atom stereocenters. The van der Waals surface area contributed by atoms with Crippen molar-refractivity contribution in [1.29, 1.82) is 0 Å². The molecule has 0 fully saturated rings. The van der Waals surface area contributed by atoms with Gasteiger partial charge in [-0.15, -0.1) is 0 Å². The summed E-state index contributed by atoms with van der Waals surface area (Å²) in [5, 5.41) is 0. The molecule has 112 valence electrons. The van der Waals surface area contributed by atoms with Crippen molar-refractivity contribution >= 4 is 5.78 Å². The largest absolute Gasteiger partial charge is 0.294 e. The van der Waals surface area contributed by atoms with Crippen LogP contribution in [0.25, 0.3) is 0 Å². The van der Waals surface area contributed by atoms with Crippen molar-refractivity contribution in [2.24, 2.45) is 0 Å². The Labute approximate surface area is 124 Å². The Morgan fingerprint density at radius 2 is 1.30 bits per heavy atom. The second-order valence-electron chi connectivity index (χ2n) is 6.02. The van der Waals surface area contributed by atoms with E-state index in [2.05, 4.69) is 26.8 Å². The van der Waals surface area contributed by atoms with Crippen LogP contribution in [0.4, 0.5) is 0 Å². The van der Waals surface area contributed by atoms with Crippen LogP contribution in [0.2, 0.25) is 0 Å². The van der Waals surface area contributed by atoms with Crippen molar-refractivity contribution in [3.8, 4) is 0 Å². The molecule has 0 heterocycles. The molecular weight excluding hydrogens is 244 g/mol. The van der Waals surface area contributed by atoms with Crippen molar-refractivity contribution in [2.45, 2.75) is 78.6 Å². The molecule has 0 bridgehead atoms. The highest BCUT2D eigenvalue weighted by atomic mass is 16.1. The summed E-state index contributed by atoms with van der Waals surface area (Å²) in [6.45, 7) is 6.36. The lowest BCUT2D eigenvalue weighted by Gasteiger charge is -2.05. The van der Waals surface area contributed by atoms with Crippen LogP contribution < -0.4 is 0 Å². The molecule has 20 heavy (non-hydrogen) atoms. The number of carbonyl (C=O) groups is 1. The molecule has 1 rings (SSSR count). The van der Waals surface area contributed by atoms with Gasteiger partial charge in [-0.2, -0.15) is 0 Å². The maximum absolute atomic E-state index is 12.1. The number of rotatable bonds is 10. The van der Waals surface area contributed by atoms with Crippen molar-refractivity contribution in [1.82, 2.24) is 0 Å². The van der Waals surface area contributed by atoms with Gasteiger partial charge in [0.2, 0.25) is 0 Å². The average molecular weight is 274 g/mol. The van der Waals surface area contributed by atoms with Crippen LogP contribution in [-0.4, -0.2) is 5.78 Å². The maximum Gasteiger partial charge on any atom is 0.162 e. The number of Topliss-reactive ketones (excluding diaryl/α,β-unsaturated/α-hetero) is 1. The third-order valence-corrected chi connectivity index (χ3v) is 3.80. The van der Waals surface area contributed by atoms with Gasteiger partial charge in [-0.25, -0.2) is 0 Å². The third kappa shape index (κ3) is 6.88. The van der Waals surface area contributed by atoms with Gasteiger partial charge in [-0.05, 0) is 32.4 Å². The molecule has 0 saturated heterocycles.